The summed E-state index contributed by atoms with van der Waals surface area (Å²) in [5, 5.41) is 3.65. The van der Waals surface area contributed by atoms with E-state index in [0.29, 0.717) is 12.1 Å². The Kier molecular flexibility index (Phi) is 4.28. The van der Waals surface area contributed by atoms with E-state index >= 15 is 0 Å². The highest BCUT2D eigenvalue weighted by molar-refractivity contribution is 5.55. The SMILES string of the molecule is Cc1ccc(C)c(N2CCC(NC(C)C)CC2)c1. The first-order valence-electron chi connectivity index (χ1n) is 7.14. The van der Waals surface area contributed by atoms with Crippen LogP contribution in [0.25, 0.3) is 0 Å². The third-order valence-corrected chi connectivity index (χ3v) is 3.77. The van der Waals surface area contributed by atoms with Gasteiger partial charge in [-0.1, -0.05) is 26.0 Å². The van der Waals surface area contributed by atoms with Gasteiger partial charge in [-0.25, -0.2) is 0 Å². The normalized spacial score (nSPS) is 17.5. The predicted octanol–water partition coefficient (Wildman–Crippen LogP) is 3.27. The molecule has 100 valence electrons. The van der Waals surface area contributed by atoms with Crippen LogP contribution in [0.1, 0.15) is 37.8 Å². The molecule has 0 spiro atoms. The second-order valence-electron chi connectivity index (χ2n) is 5.87. The maximum Gasteiger partial charge on any atom is 0.0398 e. The van der Waals surface area contributed by atoms with Crippen molar-refractivity contribution in [1.29, 1.82) is 0 Å². The van der Waals surface area contributed by atoms with Gasteiger partial charge in [0, 0.05) is 30.9 Å². The molecule has 1 heterocycles. The first-order valence-corrected chi connectivity index (χ1v) is 7.14. The number of nitrogens with one attached hydrogen (secondary N) is 1. The fourth-order valence-corrected chi connectivity index (χ4v) is 2.82. The van der Waals surface area contributed by atoms with E-state index in [1.165, 1.54) is 42.7 Å². The van der Waals surface area contributed by atoms with Gasteiger partial charge in [0.05, 0.1) is 0 Å². The van der Waals surface area contributed by atoms with Crippen molar-refractivity contribution in [3.05, 3.63) is 29.3 Å². The summed E-state index contributed by atoms with van der Waals surface area (Å²) in [5.41, 5.74) is 4.19. The quantitative estimate of drug-likeness (QED) is 0.880. The van der Waals surface area contributed by atoms with Crippen LogP contribution < -0.4 is 10.2 Å². The molecule has 0 bridgehead atoms. The third kappa shape index (κ3) is 3.26. The smallest absolute Gasteiger partial charge is 0.0398 e. The molecule has 1 aliphatic heterocycles. The number of nitrogens with zero attached hydrogens (tertiary/aromatic N) is 1. The van der Waals surface area contributed by atoms with Gasteiger partial charge < -0.3 is 10.2 Å². The third-order valence-electron chi connectivity index (χ3n) is 3.77. The maximum atomic E-state index is 3.65. The summed E-state index contributed by atoms with van der Waals surface area (Å²) in [4.78, 5) is 2.54. The number of aryl methyl sites for hydroxylation is 2. The molecule has 1 aliphatic rings. The molecule has 1 aromatic rings. The summed E-state index contributed by atoms with van der Waals surface area (Å²) >= 11 is 0. The summed E-state index contributed by atoms with van der Waals surface area (Å²) in [6.07, 6.45) is 2.51. The molecule has 1 aromatic carbocycles. The first-order chi connectivity index (χ1) is 8.56. The molecule has 0 saturated carbocycles. The number of hydrogen-bond acceptors (Lipinski definition) is 2. The van der Waals surface area contributed by atoms with Crippen molar-refractivity contribution in [3.63, 3.8) is 0 Å². The minimum absolute atomic E-state index is 0.599. The Bertz CT molecular complexity index is 390. The van der Waals surface area contributed by atoms with Crippen molar-refractivity contribution in [3.8, 4) is 0 Å². The highest BCUT2D eigenvalue weighted by atomic mass is 15.1. The van der Waals surface area contributed by atoms with Crippen LogP contribution in [0.15, 0.2) is 18.2 Å². The summed E-state index contributed by atoms with van der Waals surface area (Å²) in [5.74, 6) is 0. The number of piperidine rings is 1. The summed E-state index contributed by atoms with van der Waals surface area (Å²) in [7, 11) is 0. The zero-order valence-corrected chi connectivity index (χ0v) is 12.2. The highest BCUT2D eigenvalue weighted by Crippen LogP contribution is 2.25. The summed E-state index contributed by atoms with van der Waals surface area (Å²) in [6, 6.07) is 8.06. The topological polar surface area (TPSA) is 15.3 Å². The van der Waals surface area contributed by atoms with Crippen LogP contribution in [0.3, 0.4) is 0 Å². The molecule has 0 aliphatic carbocycles. The Morgan fingerprint density at radius 1 is 1.17 bits per heavy atom. The Labute approximate surface area is 111 Å². The van der Waals surface area contributed by atoms with E-state index in [0.717, 1.165) is 0 Å². The molecule has 0 unspecified atom stereocenters. The molecule has 1 N–H and O–H groups in total. The fraction of sp³-hybridized carbons (Fsp3) is 0.625. The molecule has 0 aromatic heterocycles. The van der Waals surface area contributed by atoms with Crippen molar-refractivity contribution < 1.29 is 0 Å². The Morgan fingerprint density at radius 2 is 1.83 bits per heavy atom. The van der Waals surface area contributed by atoms with Gasteiger partial charge >= 0.3 is 0 Å². The molecule has 18 heavy (non-hydrogen) atoms. The van der Waals surface area contributed by atoms with Crippen LogP contribution in [0.5, 0.6) is 0 Å². The van der Waals surface area contributed by atoms with Gasteiger partial charge in [-0.15, -0.1) is 0 Å². The van der Waals surface area contributed by atoms with Crippen LogP contribution in [0, 0.1) is 13.8 Å². The van der Waals surface area contributed by atoms with E-state index in [1.54, 1.807) is 0 Å². The molecular formula is C16H26N2. The van der Waals surface area contributed by atoms with Gasteiger partial charge in [-0.2, -0.15) is 0 Å². The van der Waals surface area contributed by atoms with Crippen molar-refractivity contribution in [2.75, 3.05) is 18.0 Å². The van der Waals surface area contributed by atoms with Crippen molar-refractivity contribution >= 4 is 5.69 Å². The lowest BCUT2D eigenvalue weighted by Crippen LogP contribution is -2.44. The minimum atomic E-state index is 0.599. The molecule has 0 radical (unpaired) electrons. The first kappa shape index (κ1) is 13.4. The van der Waals surface area contributed by atoms with Crippen LogP contribution >= 0.6 is 0 Å². The lowest BCUT2D eigenvalue weighted by Gasteiger charge is -2.35. The standard InChI is InChI=1S/C16H26N2/c1-12(2)17-15-7-9-18(10-8-15)16-11-13(3)5-6-14(16)4/h5-6,11-12,15,17H,7-10H2,1-4H3. The van der Waals surface area contributed by atoms with Gasteiger partial charge in [-0.05, 0) is 43.9 Å². The van der Waals surface area contributed by atoms with Gasteiger partial charge in [0.25, 0.3) is 0 Å². The summed E-state index contributed by atoms with van der Waals surface area (Å²) < 4.78 is 0. The zero-order chi connectivity index (χ0) is 13.1. The minimum Gasteiger partial charge on any atom is -0.371 e. The van der Waals surface area contributed by atoms with Crippen LogP contribution in [-0.2, 0) is 0 Å². The molecule has 2 rings (SSSR count). The Balaban J connectivity index is 1.99. The largest absolute Gasteiger partial charge is 0.371 e. The van der Waals surface area contributed by atoms with E-state index in [2.05, 4.69) is 56.1 Å². The lowest BCUT2D eigenvalue weighted by atomic mass is 10.0. The number of rotatable bonds is 3. The lowest BCUT2D eigenvalue weighted by molar-refractivity contribution is 0.387. The van der Waals surface area contributed by atoms with E-state index in [9.17, 15) is 0 Å². The van der Waals surface area contributed by atoms with E-state index in [1.807, 2.05) is 0 Å². The van der Waals surface area contributed by atoms with E-state index in [-0.39, 0.29) is 0 Å². The monoisotopic (exact) mass is 246 g/mol. The zero-order valence-electron chi connectivity index (χ0n) is 12.2. The predicted molar refractivity (Wildman–Crippen MR) is 79.4 cm³/mol. The second kappa shape index (κ2) is 5.75. The Morgan fingerprint density at radius 3 is 2.44 bits per heavy atom. The number of anilines is 1. The second-order valence-corrected chi connectivity index (χ2v) is 5.87. The molecule has 0 atom stereocenters. The van der Waals surface area contributed by atoms with Gasteiger partial charge in [0.1, 0.15) is 0 Å². The Hall–Kier alpha value is -1.02. The number of hydrogen-bond donors (Lipinski definition) is 1. The molecule has 2 heteroatoms. The van der Waals surface area contributed by atoms with Gasteiger partial charge in [0.15, 0.2) is 0 Å². The van der Waals surface area contributed by atoms with Crippen molar-refractivity contribution in [2.24, 2.45) is 0 Å². The summed E-state index contributed by atoms with van der Waals surface area (Å²) in [6.45, 7) is 11.2. The fourth-order valence-electron chi connectivity index (χ4n) is 2.82. The van der Waals surface area contributed by atoms with E-state index in [4.69, 9.17) is 0 Å². The van der Waals surface area contributed by atoms with Crippen LogP contribution in [0.2, 0.25) is 0 Å². The van der Waals surface area contributed by atoms with Crippen molar-refractivity contribution in [2.45, 2.75) is 52.6 Å². The van der Waals surface area contributed by atoms with Crippen molar-refractivity contribution in [1.82, 2.24) is 5.32 Å². The van der Waals surface area contributed by atoms with Gasteiger partial charge in [0.2, 0.25) is 0 Å². The molecule has 2 nitrogen and oxygen atoms in total. The molecule has 0 amide bonds. The van der Waals surface area contributed by atoms with Gasteiger partial charge in [-0.3, -0.25) is 0 Å². The molecular weight excluding hydrogens is 220 g/mol. The average Bonchev–Trinajstić information content (AvgIpc) is 2.33. The van der Waals surface area contributed by atoms with Crippen LogP contribution in [-0.4, -0.2) is 25.2 Å². The molecule has 1 saturated heterocycles. The maximum absolute atomic E-state index is 3.65. The van der Waals surface area contributed by atoms with E-state index < -0.39 is 0 Å². The van der Waals surface area contributed by atoms with Crippen LogP contribution in [0.4, 0.5) is 5.69 Å². The average molecular weight is 246 g/mol. The number of benzene rings is 1. The molecule has 1 fully saturated rings. The highest BCUT2D eigenvalue weighted by Gasteiger charge is 2.20.